The highest BCUT2D eigenvalue weighted by atomic mass is 35.5. The number of nitrogens with two attached hydrogens (primary N) is 1. The Labute approximate surface area is 125 Å². The Morgan fingerprint density at radius 2 is 1.95 bits per heavy atom. The molecule has 1 rings (SSSR count). The van der Waals surface area contributed by atoms with E-state index in [0.29, 0.717) is 0 Å². The lowest BCUT2D eigenvalue weighted by molar-refractivity contribution is -0.136. The van der Waals surface area contributed by atoms with Crippen molar-refractivity contribution in [3.63, 3.8) is 0 Å². The highest BCUT2D eigenvalue weighted by Gasteiger charge is 2.28. The van der Waals surface area contributed by atoms with Crippen molar-refractivity contribution in [1.82, 2.24) is 0 Å². The van der Waals surface area contributed by atoms with Crippen LogP contribution in [-0.4, -0.2) is 12.8 Å². The Morgan fingerprint density at radius 3 is 2.40 bits per heavy atom. The van der Waals surface area contributed by atoms with Gasteiger partial charge >= 0.3 is 6.18 Å². The molecule has 0 heterocycles. The van der Waals surface area contributed by atoms with E-state index in [2.05, 4.69) is 0 Å². The van der Waals surface area contributed by atoms with Crippen molar-refractivity contribution in [3.05, 3.63) is 28.5 Å². The summed E-state index contributed by atoms with van der Waals surface area (Å²) >= 11 is 5.80. The van der Waals surface area contributed by atoms with Gasteiger partial charge in [-0.3, -0.25) is 0 Å². The Morgan fingerprint density at radius 1 is 1.35 bits per heavy atom. The average Bonchev–Trinajstić information content (AvgIpc) is 2.29. The smallest absolute Gasteiger partial charge is 0.389 e. The second-order valence-corrected chi connectivity index (χ2v) is 4.41. The van der Waals surface area contributed by atoms with Crippen molar-refractivity contribution in [3.8, 4) is 5.75 Å². The maximum absolute atomic E-state index is 13.6. The zero-order chi connectivity index (χ0) is 14.6. The molecular formula is C12H15Cl2F4NO. The SMILES string of the molecule is CCOc1c(F)cc([C@@H](N)CCC(F)(F)F)cc1Cl.Cl. The predicted molar refractivity (Wildman–Crippen MR) is 72.0 cm³/mol. The van der Waals surface area contributed by atoms with E-state index < -0.39 is 24.5 Å². The first kappa shape index (κ1) is 19.3. The van der Waals surface area contributed by atoms with Crippen molar-refractivity contribution in [2.24, 2.45) is 5.73 Å². The molecule has 1 aromatic rings. The van der Waals surface area contributed by atoms with Crippen LogP contribution < -0.4 is 10.5 Å². The van der Waals surface area contributed by atoms with Gasteiger partial charge in [-0.15, -0.1) is 12.4 Å². The summed E-state index contributed by atoms with van der Waals surface area (Å²) in [5.74, 6) is -0.845. The molecule has 0 spiro atoms. The molecule has 2 nitrogen and oxygen atoms in total. The molecule has 0 aliphatic heterocycles. The van der Waals surface area contributed by atoms with Crippen LogP contribution in [0.25, 0.3) is 0 Å². The summed E-state index contributed by atoms with van der Waals surface area (Å²) in [5, 5.41) is -0.000640. The van der Waals surface area contributed by atoms with Crippen LogP contribution in [0.5, 0.6) is 5.75 Å². The van der Waals surface area contributed by atoms with Gasteiger partial charge in [0.15, 0.2) is 11.6 Å². The molecule has 0 aliphatic rings. The van der Waals surface area contributed by atoms with Crippen LogP contribution in [0.3, 0.4) is 0 Å². The summed E-state index contributed by atoms with van der Waals surface area (Å²) in [6.45, 7) is 1.90. The van der Waals surface area contributed by atoms with E-state index in [9.17, 15) is 17.6 Å². The molecule has 0 bridgehead atoms. The van der Waals surface area contributed by atoms with Crippen LogP contribution in [0.2, 0.25) is 5.02 Å². The van der Waals surface area contributed by atoms with Crippen LogP contribution in [-0.2, 0) is 0 Å². The topological polar surface area (TPSA) is 35.2 Å². The molecular weight excluding hydrogens is 321 g/mol. The molecule has 0 aromatic heterocycles. The van der Waals surface area contributed by atoms with Gasteiger partial charge in [-0.05, 0) is 31.0 Å². The first-order valence-corrected chi connectivity index (χ1v) is 6.06. The Hall–Kier alpha value is -0.720. The second kappa shape index (κ2) is 7.90. The van der Waals surface area contributed by atoms with E-state index in [1.54, 1.807) is 6.92 Å². The first-order chi connectivity index (χ1) is 8.74. The predicted octanol–water partition coefficient (Wildman–Crippen LogP) is 4.64. The maximum Gasteiger partial charge on any atom is 0.389 e. The van der Waals surface area contributed by atoms with Crippen molar-refractivity contribution in [2.45, 2.75) is 32.0 Å². The van der Waals surface area contributed by atoms with Crippen molar-refractivity contribution < 1.29 is 22.3 Å². The van der Waals surface area contributed by atoms with Crippen molar-refractivity contribution in [2.75, 3.05) is 6.61 Å². The summed E-state index contributed by atoms with van der Waals surface area (Å²) in [5.41, 5.74) is 5.82. The fourth-order valence-electron chi connectivity index (χ4n) is 1.56. The number of alkyl halides is 3. The Balaban J connectivity index is 0.00000361. The van der Waals surface area contributed by atoms with Gasteiger partial charge in [0.05, 0.1) is 11.6 Å². The maximum atomic E-state index is 13.6. The number of ether oxygens (including phenoxy) is 1. The average molecular weight is 336 g/mol. The molecule has 0 radical (unpaired) electrons. The molecule has 0 saturated carbocycles. The van der Waals surface area contributed by atoms with Gasteiger partial charge in [0, 0.05) is 12.5 Å². The normalized spacial score (nSPS) is 12.8. The highest BCUT2D eigenvalue weighted by molar-refractivity contribution is 6.32. The van der Waals surface area contributed by atoms with E-state index in [1.165, 1.54) is 6.07 Å². The molecule has 0 saturated heterocycles. The zero-order valence-electron chi connectivity index (χ0n) is 10.6. The lowest BCUT2D eigenvalue weighted by Crippen LogP contribution is -2.16. The first-order valence-electron chi connectivity index (χ1n) is 5.68. The lowest BCUT2D eigenvalue weighted by atomic mass is 10.0. The van der Waals surface area contributed by atoms with Gasteiger partial charge in [0.25, 0.3) is 0 Å². The Bertz CT molecular complexity index is 417. The van der Waals surface area contributed by atoms with Gasteiger partial charge in [0.2, 0.25) is 0 Å². The molecule has 8 heteroatoms. The van der Waals surface area contributed by atoms with Gasteiger partial charge in [-0.25, -0.2) is 4.39 Å². The molecule has 2 N–H and O–H groups in total. The van der Waals surface area contributed by atoms with Gasteiger partial charge < -0.3 is 10.5 Å². The summed E-state index contributed by atoms with van der Waals surface area (Å²) in [4.78, 5) is 0. The summed E-state index contributed by atoms with van der Waals surface area (Å²) in [6.07, 6.45) is -5.64. The summed E-state index contributed by atoms with van der Waals surface area (Å²) in [7, 11) is 0. The Kier molecular flexibility index (Phi) is 7.62. The molecule has 0 unspecified atom stereocenters. The number of hydrogen-bond acceptors (Lipinski definition) is 2. The highest BCUT2D eigenvalue weighted by Crippen LogP contribution is 2.33. The largest absolute Gasteiger partial charge is 0.489 e. The minimum absolute atomic E-state index is 0. The van der Waals surface area contributed by atoms with Crippen LogP contribution in [0.15, 0.2) is 12.1 Å². The third-order valence-electron chi connectivity index (χ3n) is 2.48. The van der Waals surface area contributed by atoms with Gasteiger partial charge in [-0.2, -0.15) is 13.2 Å². The third kappa shape index (κ3) is 5.73. The summed E-state index contributed by atoms with van der Waals surface area (Å²) in [6, 6.07) is 1.46. The van der Waals surface area contributed by atoms with E-state index in [0.717, 1.165) is 6.07 Å². The van der Waals surface area contributed by atoms with E-state index in [4.69, 9.17) is 22.1 Å². The molecule has 1 aromatic carbocycles. The van der Waals surface area contributed by atoms with Crippen LogP contribution in [0.1, 0.15) is 31.4 Å². The molecule has 1 atom stereocenters. The fraction of sp³-hybridized carbons (Fsp3) is 0.500. The number of benzene rings is 1. The zero-order valence-corrected chi connectivity index (χ0v) is 12.2. The van der Waals surface area contributed by atoms with E-state index >= 15 is 0 Å². The van der Waals surface area contributed by atoms with Crippen molar-refractivity contribution in [1.29, 1.82) is 0 Å². The third-order valence-corrected chi connectivity index (χ3v) is 2.76. The number of hydrogen-bond donors (Lipinski definition) is 1. The molecule has 0 fully saturated rings. The minimum atomic E-state index is -4.29. The van der Waals surface area contributed by atoms with Crippen molar-refractivity contribution >= 4 is 24.0 Å². The minimum Gasteiger partial charge on any atom is -0.489 e. The fourth-order valence-corrected chi connectivity index (χ4v) is 1.83. The van der Waals surface area contributed by atoms with Crippen LogP contribution in [0.4, 0.5) is 17.6 Å². The summed E-state index contributed by atoms with van der Waals surface area (Å²) < 4.78 is 54.9. The van der Waals surface area contributed by atoms with Gasteiger partial charge in [0.1, 0.15) is 0 Å². The molecule has 0 amide bonds. The number of halogens is 6. The quantitative estimate of drug-likeness (QED) is 0.795. The van der Waals surface area contributed by atoms with E-state index in [1.807, 2.05) is 0 Å². The molecule has 20 heavy (non-hydrogen) atoms. The monoisotopic (exact) mass is 335 g/mol. The van der Waals surface area contributed by atoms with Gasteiger partial charge in [-0.1, -0.05) is 11.6 Å². The lowest BCUT2D eigenvalue weighted by Gasteiger charge is -2.15. The molecule has 116 valence electrons. The van der Waals surface area contributed by atoms with Crippen LogP contribution in [0, 0.1) is 5.82 Å². The second-order valence-electron chi connectivity index (χ2n) is 4.01. The molecule has 0 aliphatic carbocycles. The van der Waals surface area contributed by atoms with Crippen LogP contribution >= 0.6 is 24.0 Å². The van der Waals surface area contributed by atoms with E-state index in [-0.39, 0.29) is 41.8 Å². The standard InChI is InChI=1S/C12H14ClF4NO.ClH/c1-2-19-11-8(13)5-7(6-9(11)14)10(18)3-4-12(15,16)17;/h5-6,10H,2-4,18H2,1H3;1H/t10-;/m0./s1. The number of rotatable bonds is 5.